The first kappa shape index (κ1) is 41.2. The predicted octanol–water partition coefficient (Wildman–Crippen LogP) is 15.7. The molecule has 10 aromatic rings. The third kappa shape index (κ3) is 10.9. The van der Waals surface area contributed by atoms with Crippen LogP contribution in [0.1, 0.15) is 41.6 Å². The van der Waals surface area contributed by atoms with Gasteiger partial charge in [-0.2, -0.15) is 0 Å². The van der Waals surface area contributed by atoms with Crippen molar-refractivity contribution in [3.63, 3.8) is 0 Å². The Morgan fingerprint density at radius 2 is 0.972 bits per heavy atom. The van der Waals surface area contributed by atoms with Crippen LogP contribution in [0.25, 0.3) is 78.3 Å². The fourth-order valence-corrected chi connectivity index (χ4v) is 8.74. The second-order valence-corrected chi connectivity index (χ2v) is 17.0. The Bertz CT molecular complexity index is 3610. The molecule has 0 aliphatic carbocycles. The van der Waals surface area contributed by atoms with Crippen molar-refractivity contribution in [2.75, 3.05) is 0 Å². The third-order valence-electron chi connectivity index (χ3n) is 12.3. The molecule has 0 radical (unpaired) electrons. The maximum atomic E-state index is 14.9. The minimum Gasteiger partial charge on any atom is -0.304 e. The number of hydrogen-bond donors (Lipinski definition) is 0. The molecule has 8 heteroatoms. The van der Waals surface area contributed by atoms with Crippen LogP contribution in [0.15, 0.2) is 182 Å². The Kier molecular flexibility index (Phi) is 12.5. The van der Waals surface area contributed by atoms with E-state index in [1.165, 1.54) is 24.5 Å². The van der Waals surface area contributed by atoms with Crippen molar-refractivity contribution in [1.29, 1.82) is 0 Å². The Morgan fingerprint density at radius 3 is 1.54 bits per heavy atom. The Morgan fingerprint density at radius 1 is 0.437 bits per heavy atom. The van der Waals surface area contributed by atoms with Gasteiger partial charge in [-0.25, -0.2) is 0 Å². The zero-order valence-electron chi connectivity index (χ0n) is 43.8. The molecule has 3 aromatic heterocycles. The van der Waals surface area contributed by atoms with Gasteiger partial charge in [-0.05, 0) is 118 Å². The van der Waals surface area contributed by atoms with Gasteiger partial charge < -0.3 is 15.0 Å². The third-order valence-corrected chi connectivity index (χ3v) is 12.3. The van der Waals surface area contributed by atoms with Crippen molar-refractivity contribution in [2.24, 2.45) is 0 Å². The first-order valence-corrected chi connectivity index (χ1v) is 22.6. The van der Waals surface area contributed by atoms with E-state index in [0.717, 1.165) is 79.0 Å². The predicted molar refractivity (Wildman–Crippen MR) is 271 cm³/mol. The molecule has 7 aromatic carbocycles. The van der Waals surface area contributed by atoms with E-state index in [2.05, 4.69) is 82.8 Å². The summed E-state index contributed by atoms with van der Waals surface area (Å²) in [7, 11) is 0. The summed E-state index contributed by atoms with van der Waals surface area (Å²) in [6, 6.07) is 56.7. The number of rotatable bonds is 13. The number of nitrogens with zero attached hydrogens (tertiary/aromatic N) is 3. The van der Waals surface area contributed by atoms with Crippen molar-refractivity contribution >= 4 is 0 Å². The smallest absolute Gasteiger partial charge is 0.304 e. The van der Waals surface area contributed by atoms with Crippen molar-refractivity contribution < 1.29 is 45.9 Å². The van der Waals surface area contributed by atoms with E-state index in [0.29, 0.717) is 36.1 Å². The van der Waals surface area contributed by atoms with E-state index >= 15 is 0 Å². The average Bonchev–Trinajstić information content (AvgIpc) is 3.42. The van der Waals surface area contributed by atoms with Crippen molar-refractivity contribution in [3.8, 4) is 78.3 Å². The molecular weight excluding hydrogens is 1070 g/mol. The minimum absolute atomic E-state index is 0. The van der Waals surface area contributed by atoms with E-state index in [1.807, 2.05) is 79.0 Å². The van der Waals surface area contributed by atoms with E-state index in [-0.39, 0.29) is 66.6 Å². The summed E-state index contributed by atoms with van der Waals surface area (Å²) >= 11 is 0. The zero-order chi connectivity index (χ0) is 53.1. The number of aryl methyl sites for hydroxylation is 6. The van der Waals surface area contributed by atoms with Crippen LogP contribution in [0.5, 0.6) is 0 Å². The normalized spacial score (nSPS) is 12.7. The molecule has 0 bridgehead atoms. The number of halogens is 4. The maximum Gasteiger partial charge on any atom is 3.00 e. The monoisotopic (exact) mass is 1120 g/mol. The van der Waals surface area contributed by atoms with Crippen LogP contribution in [0.4, 0.5) is 17.6 Å². The molecule has 0 N–H and O–H groups in total. The SMILES string of the molecule is [2H]C([2H])([2H])c1cc(-c2[c-]cc(F)cc2F)ncc1CCc1cc(CCc2cnc(-c3[c-]cc(F)cc3F)cc2C([2H])([2H])[2H])cc(-c2ccccc2-c2cnc(-c3[c-]cccc3)cc2-c2ccc(-c3ccccc3)cc2)c1.[Ir+3]. The Balaban J connectivity index is 0.00000722. The summed E-state index contributed by atoms with van der Waals surface area (Å²) in [5, 5.41) is 0. The van der Waals surface area contributed by atoms with Crippen LogP contribution in [0.3, 0.4) is 0 Å². The van der Waals surface area contributed by atoms with Crippen LogP contribution in [-0.2, 0) is 45.8 Å². The fraction of sp³-hybridized carbons (Fsp3) is 0.0952. The van der Waals surface area contributed by atoms with Gasteiger partial charge in [0.2, 0.25) is 0 Å². The molecule has 10 rings (SSSR count). The fourth-order valence-electron chi connectivity index (χ4n) is 8.74. The van der Waals surface area contributed by atoms with Gasteiger partial charge in [0.15, 0.2) is 0 Å². The summed E-state index contributed by atoms with van der Waals surface area (Å²) in [4.78, 5) is 13.8. The molecule has 0 amide bonds. The molecule has 3 nitrogen and oxygen atoms in total. The van der Waals surface area contributed by atoms with Gasteiger partial charge in [0.25, 0.3) is 0 Å². The van der Waals surface area contributed by atoms with Crippen LogP contribution in [0.2, 0.25) is 0 Å². The number of benzene rings is 7. The zero-order valence-corrected chi connectivity index (χ0v) is 40.2. The van der Waals surface area contributed by atoms with Crippen LogP contribution in [0, 0.1) is 55.2 Å². The quantitative estimate of drug-likeness (QED) is 0.0853. The van der Waals surface area contributed by atoms with Crippen LogP contribution < -0.4 is 0 Å². The van der Waals surface area contributed by atoms with E-state index in [4.69, 9.17) is 13.2 Å². The topological polar surface area (TPSA) is 38.7 Å². The van der Waals surface area contributed by atoms with Crippen molar-refractivity contribution in [1.82, 2.24) is 15.0 Å². The molecule has 0 fully saturated rings. The summed E-state index contributed by atoms with van der Waals surface area (Å²) in [5.41, 5.74) is 11.2. The van der Waals surface area contributed by atoms with Gasteiger partial charge in [-0.15, -0.1) is 60.2 Å². The molecule has 71 heavy (non-hydrogen) atoms. The van der Waals surface area contributed by atoms with Gasteiger partial charge in [0.1, 0.15) is 0 Å². The summed E-state index contributed by atoms with van der Waals surface area (Å²) in [5.74, 6) is -3.50. The van der Waals surface area contributed by atoms with E-state index < -0.39 is 37.0 Å². The maximum absolute atomic E-state index is 14.9. The number of aromatic nitrogens is 3. The second-order valence-electron chi connectivity index (χ2n) is 17.0. The largest absolute Gasteiger partial charge is 3.00 e. The molecule has 0 saturated heterocycles. The number of pyridine rings is 3. The number of hydrogen-bond acceptors (Lipinski definition) is 3. The summed E-state index contributed by atoms with van der Waals surface area (Å²) < 4.78 is 108. The van der Waals surface area contributed by atoms with E-state index in [9.17, 15) is 17.6 Å². The molecule has 0 aliphatic rings. The van der Waals surface area contributed by atoms with Crippen molar-refractivity contribution in [2.45, 2.75) is 39.4 Å². The van der Waals surface area contributed by atoms with Gasteiger partial charge in [-0.1, -0.05) is 150 Å². The molecule has 3 heterocycles. The summed E-state index contributed by atoms with van der Waals surface area (Å²) in [6.45, 7) is -5.22. The van der Waals surface area contributed by atoms with Crippen molar-refractivity contribution in [3.05, 3.63) is 257 Å². The van der Waals surface area contributed by atoms with Crippen LogP contribution >= 0.6 is 0 Å². The van der Waals surface area contributed by atoms with Gasteiger partial charge in [-0.3, -0.25) is 17.6 Å². The van der Waals surface area contributed by atoms with Gasteiger partial charge >= 0.3 is 20.1 Å². The average molecular weight is 1120 g/mol. The Hall–Kier alpha value is -7.64. The molecule has 0 saturated carbocycles. The molecule has 0 spiro atoms. The molecule has 0 unspecified atom stereocenters. The van der Waals surface area contributed by atoms with Gasteiger partial charge in [0, 0.05) is 55.6 Å². The second kappa shape index (κ2) is 21.6. The Labute approximate surface area is 433 Å². The molecular formula is C63H44F4IrN3. The standard InChI is InChI=1S/C63H44F4N3.Ir/c1-40-29-62(55-27-25-51(64)34-59(55)66)68-37-48(40)19-17-42-31-43(18-20-49-38-69-63(30-41(49)2)56-28-26-52(65)35-60(56)67)33-50(32-42)53-15-9-10-16-54(53)58-39-70-61(47-13-7-4-8-14-47)36-57(58)46-23-21-45(22-24-46)44-11-5-3-6-12-44;/h3-13,15-16,21-26,29-39H,17-20H2,1-2H3;/q-3;+3/i1D3,2D3;. The molecule has 0 aliphatic heterocycles. The van der Waals surface area contributed by atoms with Crippen LogP contribution in [-0.4, -0.2) is 15.0 Å². The summed E-state index contributed by atoms with van der Waals surface area (Å²) in [6.07, 6.45) is 5.82. The molecule has 0 atom stereocenters. The first-order valence-electron chi connectivity index (χ1n) is 25.6. The minimum atomic E-state index is -2.61. The van der Waals surface area contributed by atoms with Gasteiger partial charge in [0.05, 0.1) is 0 Å². The van der Waals surface area contributed by atoms with E-state index in [1.54, 1.807) is 0 Å². The first-order chi connectivity index (χ1) is 36.6. The molecule has 348 valence electrons.